The van der Waals surface area contributed by atoms with Crippen molar-refractivity contribution < 1.29 is 4.74 Å². The van der Waals surface area contributed by atoms with E-state index in [1.54, 1.807) is 7.11 Å². The first-order valence-corrected chi connectivity index (χ1v) is 10.1. The van der Waals surface area contributed by atoms with E-state index in [2.05, 4.69) is 44.7 Å². The highest BCUT2D eigenvalue weighted by Crippen LogP contribution is 2.50. The number of nitrogens with zero attached hydrogens (tertiary/aromatic N) is 5. The number of halogens is 1. The molecule has 0 atom stereocenters. The van der Waals surface area contributed by atoms with E-state index >= 15 is 0 Å². The standard InChI is InChI=1S/C21H30N6O.HI/c1-16-24-25-19(26(16)2)14-23-20(22-12-13-28-3)27-15-21(10-6-7-11-21)17-8-4-5-9-18(17)27;/h4-5,8-9H,6-7,10-15H2,1-3H3,(H,22,23);1H. The van der Waals surface area contributed by atoms with Gasteiger partial charge in [-0.25, -0.2) is 4.99 Å². The second-order valence-corrected chi connectivity index (χ2v) is 7.87. The Hall–Kier alpha value is -1.68. The number of hydrogen-bond acceptors (Lipinski definition) is 4. The Morgan fingerprint density at radius 1 is 1.24 bits per heavy atom. The Labute approximate surface area is 190 Å². The van der Waals surface area contributed by atoms with Crippen LogP contribution in [-0.4, -0.2) is 47.5 Å². The van der Waals surface area contributed by atoms with E-state index in [1.807, 2.05) is 18.5 Å². The van der Waals surface area contributed by atoms with Crippen LogP contribution in [0.2, 0.25) is 0 Å². The van der Waals surface area contributed by atoms with Crippen LogP contribution in [0, 0.1) is 6.92 Å². The Bertz CT molecular complexity index is 859. The molecule has 7 nitrogen and oxygen atoms in total. The van der Waals surface area contributed by atoms with Gasteiger partial charge in [0, 0.05) is 38.3 Å². The van der Waals surface area contributed by atoms with Crippen LogP contribution in [0.3, 0.4) is 0 Å². The number of benzene rings is 1. The van der Waals surface area contributed by atoms with Crippen LogP contribution in [0.1, 0.15) is 42.9 Å². The number of aliphatic imine (C=N–C) groups is 1. The molecule has 1 aromatic heterocycles. The minimum absolute atomic E-state index is 0. The average molecular weight is 510 g/mol. The number of hydrogen-bond donors (Lipinski definition) is 1. The zero-order valence-corrected chi connectivity index (χ0v) is 19.8. The van der Waals surface area contributed by atoms with Crippen molar-refractivity contribution in [3.63, 3.8) is 0 Å². The number of nitrogens with one attached hydrogen (secondary N) is 1. The van der Waals surface area contributed by atoms with Crippen molar-refractivity contribution in [2.75, 3.05) is 31.7 Å². The van der Waals surface area contributed by atoms with Crippen molar-refractivity contribution >= 4 is 35.6 Å². The molecule has 8 heteroatoms. The molecule has 0 saturated heterocycles. The molecule has 1 spiro atoms. The summed E-state index contributed by atoms with van der Waals surface area (Å²) in [4.78, 5) is 7.29. The molecular weight excluding hydrogens is 479 g/mol. The molecule has 2 aromatic rings. The van der Waals surface area contributed by atoms with Crippen LogP contribution in [-0.2, 0) is 23.7 Å². The molecule has 1 aliphatic heterocycles. The van der Waals surface area contributed by atoms with Gasteiger partial charge in [-0.2, -0.15) is 0 Å². The molecule has 2 aliphatic rings. The van der Waals surface area contributed by atoms with E-state index in [0.717, 1.165) is 30.7 Å². The zero-order chi connectivity index (χ0) is 19.6. The van der Waals surface area contributed by atoms with Gasteiger partial charge >= 0.3 is 0 Å². The number of anilines is 1. The topological polar surface area (TPSA) is 67.6 Å². The third-order valence-corrected chi connectivity index (χ3v) is 6.19. The minimum atomic E-state index is 0. The first-order chi connectivity index (χ1) is 13.6. The summed E-state index contributed by atoms with van der Waals surface area (Å²) < 4.78 is 7.23. The number of methoxy groups -OCH3 is 1. The molecule has 0 amide bonds. The fourth-order valence-corrected chi connectivity index (χ4v) is 4.53. The van der Waals surface area contributed by atoms with Crippen molar-refractivity contribution in [2.45, 2.75) is 44.6 Å². The molecule has 0 bridgehead atoms. The van der Waals surface area contributed by atoms with Crippen LogP contribution >= 0.6 is 24.0 Å². The fraction of sp³-hybridized carbons (Fsp3) is 0.571. The van der Waals surface area contributed by atoms with Crippen LogP contribution < -0.4 is 10.2 Å². The Balaban J connectivity index is 0.00000240. The van der Waals surface area contributed by atoms with Gasteiger partial charge in [-0.3, -0.25) is 0 Å². The minimum Gasteiger partial charge on any atom is -0.383 e. The maximum Gasteiger partial charge on any atom is 0.199 e. The second kappa shape index (κ2) is 9.42. The summed E-state index contributed by atoms with van der Waals surface area (Å²) in [5.74, 6) is 2.66. The Morgan fingerprint density at radius 3 is 2.69 bits per heavy atom. The highest BCUT2D eigenvalue weighted by molar-refractivity contribution is 14.0. The second-order valence-electron chi connectivity index (χ2n) is 7.87. The lowest BCUT2D eigenvalue weighted by molar-refractivity contribution is 0.203. The summed E-state index contributed by atoms with van der Waals surface area (Å²) in [6.45, 7) is 4.81. The van der Waals surface area contributed by atoms with Gasteiger partial charge in [-0.05, 0) is 31.4 Å². The Kier molecular flexibility index (Phi) is 7.15. The molecule has 158 valence electrons. The van der Waals surface area contributed by atoms with E-state index in [1.165, 1.54) is 36.9 Å². The zero-order valence-electron chi connectivity index (χ0n) is 17.5. The molecule has 1 saturated carbocycles. The number of rotatable bonds is 5. The summed E-state index contributed by atoms with van der Waals surface area (Å²) in [5.41, 5.74) is 3.02. The first kappa shape index (κ1) is 22.0. The van der Waals surface area contributed by atoms with Gasteiger partial charge in [0.2, 0.25) is 0 Å². The van der Waals surface area contributed by atoms with Gasteiger partial charge in [0.1, 0.15) is 12.4 Å². The SMILES string of the molecule is COCCNC(=NCc1nnc(C)n1C)N1CC2(CCCC2)c2ccccc21.I. The average Bonchev–Trinajstić information content (AvgIpc) is 3.40. The van der Waals surface area contributed by atoms with Crippen molar-refractivity contribution in [3.05, 3.63) is 41.5 Å². The molecule has 0 radical (unpaired) electrons. The number of aromatic nitrogens is 3. The third kappa shape index (κ3) is 4.28. The van der Waals surface area contributed by atoms with Crippen LogP contribution in [0.4, 0.5) is 5.69 Å². The number of aryl methyl sites for hydroxylation is 1. The number of para-hydroxylation sites is 1. The van der Waals surface area contributed by atoms with Gasteiger partial charge in [-0.15, -0.1) is 34.2 Å². The van der Waals surface area contributed by atoms with Crippen molar-refractivity contribution in [1.82, 2.24) is 20.1 Å². The highest BCUT2D eigenvalue weighted by atomic mass is 127. The molecule has 1 aromatic carbocycles. The lowest BCUT2D eigenvalue weighted by Gasteiger charge is -2.27. The summed E-state index contributed by atoms with van der Waals surface area (Å²) >= 11 is 0. The van der Waals surface area contributed by atoms with Crippen molar-refractivity contribution in [3.8, 4) is 0 Å². The van der Waals surface area contributed by atoms with E-state index in [4.69, 9.17) is 9.73 Å². The third-order valence-electron chi connectivity index (χ3n) is 6.19. The lowest BCUT2D eigenvalue weighted by atomic mass is 9.81. The summed E-state index contributed by atoms with van der Waals surface area (Å²) in [5, 5.41) is 11.9. The van der Waals surface area contributed by atoms with Gasteiger partial charge in [0.25, 0.3) is 0 Å². The molecule has 29 heavy (non-hydrogen) atoms. The molecule has 1 fully saturated rings. The predicted molar refractivity (Wildman–Crippen MR) is 126 cm³/mol. The molecule has 0 unspecified atom stereocenters. The monoisotopic (exact) mass is 510 g/mol. The highest BCUT2D eigenvalue weighted by Gasteiger charge is 2.45. The van der Waals surface area contributed by atoms with Crippen LogP contribution in [0.15, 0.2) is 29.3 Å². The summed E-state index contributed by atoms with van der Waals surface area (Å²) in [6.07, 6.45) is 5.14. The maximum absolute atomic E-state index is 5.24. The van der Waals surface area contributed by atoms with E-state index < -0.39 is 0 Å². The van der Waals surface area contributed by atoms with E-state index in [9.17, 15) is 0 Å². The predicted octanol–water partition coefficient (Wildman–Crippen LogP) is 3.17. The van der Waals surface area contributed by atoms with Crippen LogP contribution in [0.25, 0.3) is 0 Å². The normalized spacial score (nSPS) is 17.5. The molecular formula is C21H31IN6O. The number of fused-ring (bicyclic) bond motifs is 2. The molecule has 4 rings (SSSR count). The lowest BCUT2D eigenvalue weighted by Crippen LogP contribution is -2.44. The smallest absolute Gasteiger partial charge is 0.199 e. The van der Waals surface area contributed by atoms with E-state index in [0.29, 0.717) is 13.2 Å². The number of ether oxygens (including phenoxy) is 1. The van der Waals surface area contributed by atoms with Crippen molar-refractivity contribution in [1.29, 1.82) is 0 Å². The Morgan fingerprint density at radius 2 is 2.00 bits per heavy atom. The fourth-order valence-electron chi connectivity index (χ4n) is 4.53. The summed E-state index contributed by atoms with van der Waals surface area (Å²) in [6, 6.07) is 8.82. The van der Waals surface area contributed by atoms with Crippen LogP contribution in [0.5, 0.6) is 0 Å². The quantitative estimate of drug-likeness (QED) is 0.290. The molecule has 2 heterocycles. The van der Waals surface area contributed by atoms with Gasteiger partial charge in [0.05, 0.1) is 6.61 Å². The maximum atomic E-state index is 5.24. The van der Waals surface area contributed by atoms with Gasteiger partial charge < -0.3 is 19.5 Å². The van der Waals surface area contributed by atoms with Gasteiger partial charge in [0.15, 0.2) is 11.8 Å². The van der Waals surface area contributed by atoms with Crippen molar-refractivity contribution in [2.24, 2.45) is 12.0 Å². The summed E-state index contributed by atoms with van der Waals surface area (Å²) in [7, 11) is 3.70. The first-order valence-electron chi connectivity index (χ1n) is 10.1. The van der Waals surface area contributed by atoms with E-state index in [-0.39, 0.29) is 29.4 Å². The number of guanidine groups is 1. The van der Waals surface area contributed by atoms with Gasteiger partial charge in [-0.1, -0.05) is 31.0 Å². The molecule has 1 aliphatic carbocycles. The largest absolute Gasteiger partial charge is 0.383 e. The molecule has 1 N–H and O–H groups in total.